The van der Waals surface area contributed by atoms with Gasteiger partial charge in [0.2, 0.25) is 0 Å². The summed E-state index contributed by atoms with van der Waals surface area (Å²) in [7, 11) is 0. The molecular formula is C17H26N2O. The van der Waals surface area contributed by atoms with Gasteiger partial charge in [0.25, 0.3) is 0 Å². The van der Waals surface area contributed by atoms with E-state index in [2.05, 4.69) is 31.3 Å². The fraction of sp³-hybridized carbons (Fsp3) is 0.588. The average molecular weight is 274 g/mol. The predicted octanol–water partition coefficient (Wildman–Crippen LogP) is 3.57. The van der Waals surface area contributed by atoms with Crippen LogP contribution in [0.15, 0.2) is 35.3 Å². The summed E-state index contributed by atoms with van der Waals surface area (Å²) >= 11 is 0. The number of aliphatic imine (C=N–C) groups is 1. The molecule has 1 aromatic carbocycles. The molecule has 1 heterocycles. The van der Waals surface area contributed by atoms with E-state index in [9.17, 15) is 0 Å². The zero-order chi connectivity index (χ0) is 14.4. The first-order valence-corrected chi connectivity index (χ1v) is 7.69. The monoisotopic (exact) mass is 274 g/mol. The van der Waals surface area contributed by atoms with Crippen molar-refractivity contribution in [2.45, 2.75) is 39.7 Å². The van der Waals surface area contributed by atoms with Gasteiger partial charge in [0.15, 0.2) is 0 Å². The second kappa shape index (κ2) is 6.89. The summed E-state index contributed by atoms with van der Waals surface area (Å²) in [5.74, 6) is 0.982. The van der Waals surface area contributed by atoms with E-state index < -0.39 is 0 Å². The van der Waals surface area contributed by atoms with Gasteiger partial charge in [-0.1, -0.05) is 44.2 Å². The highest BCUT2D eigenvalue weighted by Crippen LogP contribution is 2.30. The molecular weight excluding hydrogens is 248 g/mol. The summed E-state index contributed by atoms with van der Waals surface area (Å²) in [4.78, 5) is 4.80. The van der Waals surface area contributed by atoms with Crippen LogP contribution in [0.2, 0.25) is 0 Å². The smallest absolute Gasteiger partial charge is 0.139 e. The number of nitrogens with zero attached hydrogens (tertiary/aromatic N) is 1. The third-order valence-electron chi connectivity index (χ3n) is 4.41. The molecule has 1 aliphatic heterocycles. The SMILES string of the molecule is CCO[C@@H](C1=NCC(CC)(CC)CN1)c1ccccc1. The van der Waals surface area contributed by atoms with E-state index in [1.54, 1.807) is 0 Å². The summed E-state index contributed by atoms with van der Waals surface area (Å²) < 4.78 is 5.91. The zero-order valence-corrected chi connectivity index (χ0v) is 12.9. The van der Waals surface area contributed by atoms with Gasteiger partial charge in [-0.15, -0.1) is 0 Å². The number of nitrogens with one attached hydrogen (secondary N) is 1. The summed E-state index contributed by atoms with van der Waals surface area (Å²) in [5, 5.41) is 3.52. The molecule has 0 saturated carbocycles. The highest BCUT2D eigenvalue weighted by atomic mass is 16.5. The van der Waals surface area contributed by atoms with Crippen molar-refractivity contribution in [2.24, 2.45) is 10.4 Å². The van der Waals surface area contributed by atoms with Crippen LogP contribution in [0.1, 0.15) is 45.3 Å². The highest BCUT2D eigenvalue weighted by Gasteiger charge is 2.32. The first-order chi connectivity index (χ1) is 9.74. The average Bonchev–Trinajstić information content (AvgIpc) is 2.54. The molecule has 110 valence electrons. The van der Waals surface area contributed by atoms with Crippen LogP contribution in [0.3, 0.4) is 0 Å². The lowest BCUT2D eigenvalue weighted by molar-refractivity contribution is 0.104. The van der Waals surface area contributed by atoms with Crippen LogP contribution in [0.4, 0.5) is 0 Å². The van der Waals surface area contributed by atoms with Crippen LogP contribution in [0.5, 0.6) is 0 Å². The van der Waals surface area contributed by atoms with E-state index in [0.29, 0.717) is 12.0 Å². The molecule has 1 aliphatic rings. The van der Waals surface area contributed by atoms with Gasteiger partial charge in [-0.2, -0.15) is 0 Å². The maximum atomic E-state index is 5.91. The lowest BCUT2D eigenvalue weighted by atomic mass is 9.81. The van der Waals surface area contributed by atoms with Crippen molar-refractivity contribution in [1.82, 2.24) is 5.32 Å². The van der Waals surface area contributed by atoms with Crippen LogP contribution in [-0.4, -0.2) is 25.5 Å². The number of benzene rings is 1. The zero-order valence-electron chi connectivity index (χ0n) is 12.9. The van der Waals surface area contributed by atoms with Crippen molar-refractivity contribution < 1.29 is 4.74 Å². The molecule has 0 fully saturated rings. The summed E-state index contributed by atoms with van der Waals surface area (Å²) in [6.07, 6.45) is 2.27. The molecule has 0 unspecified atom stereocenters. The molecule has 2 rings (SSSR count). The Labute approximate surface area is 122 Å². The van der Waals surface area contributed by atoms with Crippen LogP contribution in [-0.2, 0) is 4.74 Å². The van der Waals surface area contributed by atoms with Gasteiger partial charge in [0.05, 0.1) is 0 Å². The molecule has 20 heavy (non-hydrogen) atoms. The largest absolute Gasteiger partial charge is 0.371 e. The quantitative estimate of drug-likeness (QED) is 0.860. The molecule has 3 nitrogen and oxygen atoms in total. The van der Waals surface area contributed by atoms with E-state index in [-0.39, 0.29) is 6.10 Å². The van der Waals surface area contributed by atoms with Crippen LogP contribution in [0.25, 0.3) is 0 Å². The molecule has 1 N–H and O–H groups in total. The lowest BCUT2D eigenvalue weighted by Gasteiger charge is -2.36. The Kier molecular flexibility index (Phi) is 5.18. The van der Waals surface area contributed by atoms with Crippen LogP contribution < -0.4 is 5.32 Å². The van der Waals surface area contributed by atoms with E-state index in [1.165, 1.54) is 5.56 Å². The normalized spacial score (nSPS) is 19.1. The van der Waals surface area contributed by atoms with E-state index in [1.807, 2.05) is 25.1 Å². The predicted molar refractivity (Wildman–Crippen MR) is 84.1 cm³/mol. The Hall–Kier alpha value is -1.35. The first-order valence-electron chi connectivity index (χ1n) is 7.69. The van der Waals surface area contributed by atoms with E-state index in [4.69, 9.17) is 9.73 Å². The van der Waals surface area contributed by atoms with Crippen molar-refractivity contribution >= 4 is 5.84 Å². The van der Waals surface area contributed by atoms with Crippen LogP contribution in [0, 0.1) is 5.41 Å². The Balaban J connectivity index is 2.18. The number of amidine groups is 1. The third-order valence-corrected chi connectivity index (χ3v) is 4.41. The number of hydrogen-bond donors (Lipinski definition) is 1. The van der Waals surface area contributed by atoms with Gasteiger partial charge in [-0.25, -0.2) is 0 Å². The summed E-state index contributed by atoms with van der Waals surface area (Å²) in [6.45, 7) is 9.12. The topological polar surface area (TPSA) is 33.6 Å². The molecule has 3 heteroatoms. The Bertz CT molecular complexity index is 438. The fourth-order valence-corrected chi connectivity index (χ4v) is 2.67. The van der Waals surface area contributed by atoms with Crippen molar-refractivity contribution in [3.05, 3.63) is 35.9 Å². The molecule has 0 saturated heterocycles. The second-order valence-corrected chi connectivity index (χ2v) is 5.51. The molecule has 1 aromatic rings. The Morgan fingerprint density at radius 2 is 1.90 bits per heavy atom. The van der Waals surface area contributed by atoms with Gasteiger partial charge >= 0.3 is 0 Å². The van der Waals surface area contributed by atoms with Crippen molar-refractivity contribution in [2.75, 3.05) is 19.7 Å². The number of rotatable bonds is 6. The second-order valence-electron chi connectivity index (χ2n) is 5.51. The molecule has 0 spiro atoms. The standard InChI is InChI=1S/C17H26N2O/c1-4-17(5-2)12-18-16(19-13-17)15(20-6-3)14-10-8-7-9-11-14/h7-11,15H,4-6,12-13H2,1-3H3,(H,18,19)/t15-/m1/s1. The number of hydrogen-bond acceptors (Lipinski definition) is 3. The summed E-state index contributed by atoms with van der Waals surface area (Å²) in [5.41, 5.74) is 1.48. The first kappa shape index (κ1) is 15.0. The van der Waals surface area contributed by atoms with Gasteiger partial charge in [-0.3, -0.25) is 4.99 Å². The molecule has 0 bridgehead atoms. The van der Waals surface area contributed by atoms with Crippen molar-refractivity contribution in [3.63, 3.8) is 0 Å². The van der Waals surface area contributed by atoms with Gasteiger partial charge in [0.1, 0.15) is 11.9 Å². The van der Waals surface area contributed by atoms with Crippen molar-refractivity contribution in [1.29, 1.82) is 0 Å². The molecule has 0 aromatic heterocycles. The number of ether oxygens (including phenoxy) is 1. The van der Waals surface area contributed by atoms with Crippen LogP contribution >= 0.6 is 0 Å². The molecule has 1 atom stereocenters. The highest BCUT2D eigenvalue weighted by molar-refractivity contribution is 5.88. The Morgan fingerprint density at radius 1 is 1.20 bits per heavy atom. The van der Waals surface area contributed by atoms with Gasteiger partial charge in [-0.05, 0) is 25.3 Å². The lowest BCUT2D eigenvalue weighted by Crippen LogP contribution is -2.46. The maximum Gasteiger partial charge on any atom is 0.139 e. The van der Waals surface area contributed by atoms with Gasteiger partial charge in [0, 0.05) is 25.1 Å². The van der Waals surface area contributed by atoms with Gasteiger partial charge < -0.3 is 10.1 Å². The third kappa shape index (κ3) is 3.21. The maximum absolute atomic E-state index is 5.91. The fourth-order valence-electron chi connectivity index (χ4n) is 2.67. The minimum Gasteiger partial charge on any atom is -0.371 e. The minimum atomic E-state index is -0.0621. The van der Waals surface area contributed by atoms with Crippen molar-refractivity contribution in [3.8, 4) is 0 Å². The van der Waals surface area contributed by atoms with E-state index in [0.717, 1.165) is 31.8 Å². The molecule has 0 radical (unpaired) electrons. The van der Waals surface area contributed by atoms with E-state index >= 15 is 0 Å². The minimum absolute atomic E-state index is 0.0621. The molecule has 0 amide bonds. The summed E-state index contributed by atoms with van der Waals surface area (Å²) in [6, 6.07) is 10.3. The molecule has 0 aliphatic carbocycles. The Morgan fingerprint density at radius 3 is 2.40 bits per heavy atom.